The predicted molar refractivity (Wildman–Crippen MR) is 57.4 cm³/mol. The molecular weight excluding hydrogens is 209 g/mol. The number of ether oxygens (including phenoxy) is 1. The Labute approximate surface area is 93.4 Å². The van der Waals surface area contributed by atoms with Crippen molar-refractivity contribution >= 4 is 5.97 Å². The Balaban J connectivity index is 2.32. The summed E-state index contributed by atoms with van der Waals surface area (Å²) in [7, 11) is 1.32. The maximum atomic E-state index is 13.1. The Morgan fingerprint density at radius 3 is 2.94 bits per heavy atom. The third-order valence-electron chi connectivity index (χ3n) is 3.11. The van der Waals surface area contributed by atoms with Crippen LogP contribution in [0.4, 0.5) is 4.39 Å². The number of carbonyl (C=O) groups excluding carboxylic acids is 1. The van der Waals surface area contributed by atoms with E-state index in [9.17, 15) is 9.18 Å². The summed E-state index contributed by atoms with van der Waals surface area (Å²) >= 11 is 0. The molecule has 0 aromatic heterocycles. The fraction of sp³-hybridized carbons (Fsp3) is 0.417. The number of rotatable bonds is 1. The zero-order valence-corrected chi connectivity index (χ0v) is 9.13. The Morgan fingerprint density at radius 1 is 1.50 bits per heavy atom. The summed E-state index contributed by atoms with van der Waals surface area (Å²) < 4.78 is 17.8. The van der Waals surface area contributed by atoms with Gasteiger partial charge >= 0.3 is 5.97 Å². The molecule has 0 spiro atoms. The minimum Gasteiger partial charge on any atom is -0.468 e. The van der Waals surface area contributed by atoms with E-state index >= 15 is 0 Å². The third-order valence-corrected chi connectivity index (χ3v) is 3.11. The summed E-state index contributed by atoms with van der Waals surface area (Å²) in [4.78, 5) is 11.5. The van der Waals surface area contributed by atoms with E-state index in [0.717, 1.165) is 11.1 Å². The molecule has 86 valence electrons. The molecule has 1 aliphatic rings. The molecule has 0 aliphatic heterocycles. The van der Waals surface area contributed by atoms with Crippen molar-refractivity contribution in [2.45, 2.75) is 24.8 Å². The van der Waals surface area contributed by atoms with Crippen LogP contribution >= 0.6 is 0 Å². The van der Waals surface area contributed by atoms with E-state index in [1.165, 1.54) is 19.2 Å². The standard InChI is InChI=1S/C12H14FNO2/c1-16-11(15)12(14)5-4-8-2-3-10(13)6-9(8)7-12/h2-3,6H,4-5,7,14H2,1H3. The summed E-state index contributed by atoms with van der Waals surface area (Å²) in [5, 5.41) is 0. The lowest BCUT2D eigenvalue weighted by molar-refractivity contribution is -0.147. The van der Waals surface area contributed by atoms with Crippen LogP contribution in [-0.4, -0.2) is 18.6 Å². The molecule has 0 fully saturated rings. The van der Waals surface area contributed by atoms with Gasteiger partial charge in [-0.05, 0) is 36.1 Å². The van der Waals surface area contributed by atoms with Gasteiger partial charge in [-0.25, -0.2) is 4.39 Å². The molecule has 1 aromatic rings. The van der Waals surface area contributed by atoms with Gasteiger partial charge in [0, 0.05) is 6.42 Å². The van der Waals surface area contributed by atoms with Crippen molar-refractivity contribution < 1.29 is 13.9 Å². The first-order valence-electron chi connectivity index (χ1n) is 5.20. The second kappa shape index (κ2) is 3.87. The Kier molecular flexibility index (Phi) is 2.68. The molecule has 3 nitrogen and oxygen atoms in total. The SMILES string of the molecule is COC(=O)C1(N)CCc2ccc(F)cc2C1. The lowest BCUT2D eigenvalue weighted by Crippen LogP contribution is -2.52. The predicted octanol–water partition coefficient (Wildman–Crippen LogP) is 1.18. The van der Waals surface area contributed by atoms with E-state index < -0.39 is 11.5 Å². The second-order valence-corrected chi connectivity index (χ2v) is 4.24. The number of carbonyl (C=O) groups is 1. The molecule has 16 heavy (non-hydrogen) atoms. The van der Waals surface area contributed by atoms with E-state index in [1.807, 2.05) is 0 Å². The molecule has 2 rings (SSSR count). The highest BCUT2D eigenvalue weighted by Crippen LogP contribution is 2.28. The molecule has 0 amide bonds. The number of fused-ring (bicyclic) bond motifs is 1. The molecule has 0 heterocycles. The smallest absolute Gasteiger partial charge is 0.326 e. The molecule has 1 aromatic carbocycles. The number of aryl methyl sites for hydroxylation is 1. The van der Waals surface area contributed by atoms with Crippen molar-refractivity contribution in [1.29, 1.82) is 0 Å². The summed E-state index contributed by atoms with van der Waals surface area (Å²) in [6.07, 6.45) is 1.56. The van der Waals surface area contributed by atoms with Gasteiger partial charge in [-0.15, -0.1) is 0 Å². The van der Waals surface area contributed by atoms with E-state index in [2.05, 4.69) is 4.74 Å². The van der Waals surface area contributed by atoms with Gasteiger partial charge in [-0.3, -0.25) is 4.79 Å². The van der Waals surface area contributed by atoms with Gasteiger partial charge in [-0.2, -0.15) is 0 Å². The van der Waals surface area contributed by atoms with Crippen LogP contribution in [0.2, 0.25) is 0 Å². The Morgan fingerprint density at radius 2 is 2.25 bits per heavy atom. The minimum atomic E-state index is -1.00. The normalized spacial score (nSPS) is 23.7. The quantitative estimate of drug-likeness (QED) is 0.727. The molecule has 0 bridgehead atoms. The van der Waals surface area contributed by atoms with E-state index in [0.29, 0.717) is 19.3 Å². The number of hydrogen-bond donors (Lipinski definition) is 1. The van der Waals surface area contributed by atoms with E-state index in [4.69, 9.17) is 5.73 Å². The number of hydrogen-bond acceptors (Lipinski definition) is 3. The summed E-state index contributed by atoms with van der Waals surface area (Å²) in [6, 6.07) is 4.63. The van der Waals surface area contributed by atoms with Crippen molar-refractivity contribution in [3.63, 3.8) is 0 Å². The van der Waals surface area contributed by atoms with Gasteiger partial charge in [0.25, 0.3) is 0 Å². The molecule has 4 heteroatoms. The first-order chi connectivity index (χ1) is 7.55. The fourth-order valence-corrected chi connectivity index (χ4v) is 2.17. The van der Waals surface area contributed by atoms with Crippen LogP contribution in [0.1, 0.15) is 17.5 Å². The third kappa shape index (κ3) is 1.80. The molecule has 0 radical (unpaired) electrons. The highest BCUT2D eigenvalue weighted by atomic mass is 19.1. The number of halogens is 1. The number of nitrogens with two attached hydrogens (primary N) is 1. The molecule has 1 unspecified atom stereocenters. The van der Waals surface area contributed by atoms with Crippen molar-refractivity contribution in [3.05, 3.63) is 35.1 Å². The fourth-order valence-electron chi connectivity index (χ4n) is 2.17. The Hall–Kier alpha value is -1.42. The zero-order chi connectivity index (χ0) is 11.8. The van der Waals surface area contributed by atoms with Crippen LogP contribution in [0, 0.1) is 5.82 Å². The van der Waals surface area contributed by atoms with Gasteiger partial charge in [0.05, 0.1) is 7.11 Å². The second-order valence-electron chi connectivity index (χ2n) is 4.24. The van der Waals surface area contributed by atoms with E-state index in [-0.39, 0.29) is 5.82 Å². The van der Waals surface area contributed by atoms with Gasteiger partial charge in [0.1, 0.15) is 11.4 Å². The van der Waals surface area contributed by atoms with Gasteiger partial charge in [0.2, 0.25) is 0 Å². The van der Waals surface area contributed by atoms with Crippen LogP contribution < -0.4 is 5.73 Å². The minimum absolute atomic E-state index is 0.298. The van der Waals surface area contributed by atoms with Crippen LogP contribution in [0.15, 0.2) is 18.2 Å². The topological polar surface area (TPSA) is 52.3 Å². The van der Waals surface area contributed by atoms with Crippen LogP contribution in [0.3, 0.4) is 0 Å². The van der Waals surface area contributed by atoms with Crippen molar-refractivity contribution in [2.24, 2.45) is 5.73 Å². The highest BCUT2D eigenvalue weighted by molar-refractivity contribution is 5.81. The average Bonchev–Trinajstić information content (AvgIpc) is 2.27. The zero-order valence-electron chi connectivity index (χ0n) is 9.13. The van der Waals surface area contributed by atoms with Crippen LogP contribution in [-0.2, 0) is 22.4 Å². The summed E-state index contributed by atoms with van der Waals surface area (Å²) in [5.74, 6) is -0.727. The first kappa shape index (κ1) is 11.1. The monoisotopic (exact) mass is 223 g/mol. The van der Waals surface area contributed by atoms with Crippen molar-refractivity contribution in [2.75, 3.05) is 7.11 Å². The van der Waals surface area contributed by atoms with Crippen LogP contribution in [0.25, 0.3) is 0 Å². The van der Waals surface area contributed by atoms with Gasteiger partial charge < -0.3 is 10.5 Å². The molecule has 2 N–H and O–H groups in total. The summed E-state index contributed by atoms with van der Waals surface area (Å²) in [5.41, 5.74) is 6.84. The van der Waals surface area contributed by atoms with E-state index in [1.54, 1.807) is 6.07 Å². The average molecular weight is 223 g/mol. The first-order valence-corrected chi connectivity index (χ1v) is 5.20. The largest absolute Gasteiger partial charge is 0.468 e. The van der Waals surface area contributed by atoms with Gasteiger partial charge in [0.15, 0.2) is 0 Å². The maximum Gasteiger partial charge on any atom is 0.326 e. The number of benzene rings is 1. The lowest BCUT2D eigenvalue weighted by atomic mass is 9.78. The number of methoxy groups -OCH3 is 1. The van der Waals surface area contributed by atoms with Crippen LogP contribution in [0.5, 0.6) is 0 Å². The number of esters is 1. The van der Waals surface area contributed by atoms with Crippen molar-refractivity contribution in [3.8, 4) is 0 Å². The van der Waals surface area contributed by atoms with Gasteiger partial charge in [-0.1, -0.05) is 6.07 Å². The highest BCUT2D eigenvalue weighted by Gasteiger charge is 2.38. The molecule has 0 saturated heterocycles. The molecule has 0 saturated carbocycles. The molecule has 1 aliphatic carbocycles. The molecule has 1 atom stereocenters. The lowest BCUT2D eigenvalue weighted by Gasteiger charge is -2.31. The Bertz CT molecular complexity index is 433. The molecular formula is C12H14FNO2. The van der Waals surface area contributed by atoms with Crippen molar-refractivity contribution in [1.82, 2.24) is 0 Å². The summed E-state index contributed by atoms with van der Waals surface area (Å²) in [6.45, 7) is 0. The maximum absolute atomic E-state index is 13.1.